The number of hydrogen-bond acceptors (Lipinski definition) is 4. The molecular weight excluding hydrogens is 160 g/mol. The van der Waals surface area contributed by atoms with Gasteiger partial charge in [0, 0.05) is 5.57 Å². The van der Waals surface area contributed by atoms with Gasteiger partial charge in [-0.3, -0.25) is 0 Å². The van der Waals surface area contributed by atoms with Gasteiger partial charge in [-0.15, -0.1) is 0 Å². The zero-order valence-electron chi connectivity index (χ0n) is 6.86. The van der Waals surface area contributed by atoms with Crippen LogP contribution in [0.15, 0.2) is 11.6 Å². The number of carbonyl (C=O) groups excluding carboxylic acids is 1. The van der Waals surface area contributed by atoms with Crippen LogP contribution < -0.4 is 0 Å². The molecule has 0 aromatic rings. The van der Waals surface area contributed by atoms with Gasteiger partial charge in [-0.1, -0.05) is 0 Å². The lowest BCUT2D eigenvalue weighted by Gasteiger charge is -2.20. The summed E-state index contributed by atoms with van der Waals surface area (Å²) >= 11 is 0. The van der Waals surface area contributed by atoms with E-state index in [4.69, 9.17) is 10.2 Å². The molecule has 0 heterocycles. The van der Waals surface area contributed by atoms with Crippen molar-refractivity contribution in [2.24, 2.45) is 0 Å². The summed E-state index contributed by atoms with van der Waals surface area (Å²) in [6, 6.07) is 0. The van der Waals surface area contributed by atoms with E-state index in [0.717, 1.165) is 0 Å². The highest BCUT2D eigenvalue weighted by molar-refractivity contribution is 5.88. The molecule has 2 atom stereocenters. The van der Waals surface area contributed by atoms with Gasteiger partial charge in [0.25, 0.3) is 0 Å². The van der Waals surface area contributed by atoms with Crippen LogP contribution in [-0.2, 0) is 9.53 Å². The number of esters is 1. The molecule has 0 bridgehead atoms. The highest BCUT2D eigenvalue weighted by Crippen LogP contribution is 2.19. The minimum absolute atomic E-state index is 0.405. The minimum Gasteiger partial charge on any atom is -0.466 e. The van der Waals surface area contributed by atoms with E-state index in [-0.39, 0.29) is 0 Å². The molecule has 0 radical (unpaired) electrons. The largest absolute Gasteiger partial charge is 0.466 e. The molecule has 0 aromatic carbocycles. The molecule has 2 N–H and O–H groups in total. The smallest absolute Gasteiger partial charge is 0.333 e. The van der Waals surface area contributed by atoms with Crippen molar-refractivity contribution >= 4 is 5.97 Å². The van der Waals surface area contributed by atoms with Crippen molar-refractivity contribution < 1.29 is 19.7 Å². The molecule has 0 spiro atoms. The topological polar surface area (TPSA) is 66.8 Å². The van der Waals surface area contributed by atoms with Crippen molar-refractivity contribution in [1.82, 2.24) is 0 Å². The fraction of sp³-hybridized carbons (Fsp3) is 0.625. The third-order valence-corrected chi connectivity index (χ3v) is 1.92. The molecule has 0 aromatic heterocycles. The van der Waals surface area contributed by atoms with Crippen LogP contribution in [0.5, 0.6) is 0 Å². The molecule has 68 valence electrons. The molecule has 0 unspecified atom stereocenters. The van der Waals surface area contributed by atoms with Crippen molar-refractivity contribution in [2.45, 2.75) is 25.0 Å². The van der Waals surface area contributed by atoms with Crippen LogP contribution >= 0.6 is 0 Å². The number of aliphatic hydroxyl groups excluding tert-OH is 2. The van der Waals surface area contributed by atoms with Gasteiger partial charge in [-0.2, -0.15) is 0 Å². The first-order valence-electron chi connectivity index (χ1n) is 3.80. The Morgan fingerprint density at radius 3 is 2.83 bits per heavy atom. The Balaban J connectivity index is 2.68. The van der Waals surface area contributed by atoms with Crippen molar-refractivity contribution in [3.63, 3.8) is 0 Å². The Hall–Kier alpha value is -0.870. The molecule has 0 aliphatic heterocycles. The van der Waals surface area contributed by atoms with Gasteiger partial charge in [-0.25, -0.2) is 4.79 Å². The molecule has 1 aliphatic carbocycles. The van der Waals surface area contributed by atoms with Crippen molar-refractivity contribution in [2.75, 3.05) is 7.11 Å². The quantitative estimate of drug-likeness (QED) is 0.528. The Morgan fingerprint density at radius 2 is 2.33 bits per heavy atom. The third-order valence-electron chi connectivity index (χ3n) is 1.92. The lowest BCUT2D eigenvalue weighted by Crippen LogP contribution is -2.29. The SMILES string of the molecule is COC(=O)C1=C[C@@H](O)[C@H](O)CC1. The molecular formula is C8H12O4. The maximum absolute atomic E-state index is 10.9. The van der Waals surface area contributed by atoms with Crippen molar-refractivity contribution in [3.8, 4) is 0 Å². The van der Waals surface area contributed by atoms with E-state index in [1.165, 1.54) is 13.2 Å². The Labute approximate surface area is 70.5 Å². The summed E-state index contributed by atoms with van der Waals surface area (Å²) in [6.07, 6.45) is 0.527. The molecule has 4 nitrogen and oxygen atoms in total. The van der Waals surface area contributed by atoms with Crippen molar-refractivity contribution in [1.29, 1.82) is 0 Å². The van der Waals surface area contributed by atoms with Gasteiger partial charge in [0.15, 0.2) is 0 Å². The van der Waals surface area contributed by atoms with Gasteiger partial charge in [-0.05, 0) is 18.9 Å². The molecule has 0 saturated heterocycles. The number of aliphatic hydroxyl groups is 2. The standard InChI is InChI=1S/C8H12O4/c1-12-8(11)5-2-3-6(9)7(10)4-5/h4,6-7,9-10H,2-3H2,1H3/t6-,7-/m1/s1. The van der Waals surface area contributed by atoms with E-state index in [9.17, 15) is 4.79 Å². The van der Waals surface area contributed by atoms with Gasteiger partial charge in [0.2, 0.25) is 0 Å². The van der Waals surface area contributed by atoms with E-state index in [0.29, 0.717) is 18.4 Å². The summed E-state index contributed by atoms with van der Waals surface area (Å²) in [7, 11) is 1.29. The monoisotopic (exact) mass is 172 g/mol. The zero-order chi connectivity index (χ0) is 9.14. The van der Waals surface area contributed by atoms with Crippen LogP contribution in [0.1, 0.15) is 12.8 Å². The molecule has 1 aliphatic rings. The molecule has 0 amide bonds. The second-order valence-corrected chi connectivity index (χ2v) is 2.78. The number of methoxy groups -OCH3 is 1. The predicted octanol–water partition coefficient (Wildman–Crippen LogP) is -0.399. The van der Waals surface area contributed by atoms with Crippen molar-refractivity contribution in [3.05, 3.63) is 11.6 Å². The van der Waals surface area contributed by atoms with Gasteiger partial charge in [0.05, 0.1) is 19.3 Å². The first-order valence-corrected chi connectivity index (χ1v) is 3.80. The summed E-state index contributed by atoms with van der Waals surface area (Å²) in [6.45, 7) is 0. The van der Waals surface area contributed by atoms with E-state index >= 15 is 0 Å². The lowest BCUT2D eigenvalue weighted by molar-refractivity contribution is -0.136. The second-order valence-electron chi connectivity index (χ2n) is 2.78. The Bertz CT molecular complexity index is 209. The fourth-order valence-corrected chi connectivity index (χ4v) is 1.18. The summed E-state index contributed by atoms with van der Waals surface area (Å²) in [4.78, 5) is 10.9. The lowest BCUT2D eigenvalue weighted by atomic mass is 9.95. The minimum atomic E-state index is -0.937. The van der Waals surface area contributed by atoms with Crippen LogP contribution in [-0.4, -0.2) is 35.5 Å². The number of rotatable bonds is 1. The van der Waals surface area contributed by atoms with E-state index in [2.05, 4.69) is 4.74 Å². The van der Waals surface area contributed by atoms with Gasteiger partial charge in [0.1, 0.15) is 0 Å². The molecule has 12 heavy (non-hydrogen) atoms. The maximum atomic E-state index is 10.9. The van der Waals surface area contributed by atoms with E-state index in [1.54, 1.807) is 0 Å². The predicted molar refractivity (Wildman–Crippen MR) is 41.3 cm³/mol. The number of hydrogen-bond donors (Lipinski definition) is 2. The average molecular weight is 172 g/mol. The van der Waals surface area contributed by atoms with Crippen LogP contribution in [0.25, 0.3) is 0 Å². The Kier molecular flexibility index (Phi) is 2.83. The van der Waals surface area contributed by atoms with Crippen LogP contribution in [0.4, 0.5) is 0 Å². The second kappa shape index (κ2) is 3.69. The van der Waals surface area contributed by atoms with E-state index < -0.39 is 18.2 Å². The first kappa shape index (κ1) is 9.22. The molecule has 1 rings (SSSR count). The van der Waals surface area contributed by atoms with Gasteiger partial charge >= 0.3 is 5.97 Å². The number of ether oxygens (including phenoxy) is 1. The van der Waals surface area contributed by atoms with Gasteiger partial charge < -0.3 is 14.9 Å². The first-order chi connectivity index (χ1) is 5.65. The highest BCUT2D eigenvalue weighted by Gasteiger charge is 2.23. The summed E-state index contributed by atoms with van der Waals surface area (Å²) in [5.41, 5.74) is 0.440. The average Bonchev–Trinajstić information content (AvgIpc) is 2.08. The maximum Gasteiger partial charge on any atom is 0.333 e. The highest BCUT2D eigenvalue weighted by atomic mass is 16.5. The molecule has 4 heteroatoms. The summed E-state index contributed by atoms with van der Waals surface area (Å²) in [5.74, 6) is -0.430. The molecule has 0 fully saturated rings. The Morgan fingerprint density at radius 1 is 1.67 bits per heavy atom. The normalized spacial score (nSPS) is 29.4. The number of carbonyl (C=O) groups is 1. The van der Waals surface area contributed by atoms with Crippen LogP contribution in [0.3, 0.4) is 0 Å². The summed E-state index contributed by atoms with van der Waals surface area (Å²) in [5, 5.41) is 18.3. The fourth-order valence-electron chi connectivity index (χ4n) is 1.18. The zero-order valence-corrected chi connectivity index (χ0v) is 6.86. The van der Waals surface area contributed by atoms with Crippen LogP contribution in [0.2, 0.25) is 0 Å². The van der Waals surface area contributed by atoms with Crippen LogP contribution in [0, 0.1) is 0 Å². The third kappa shape index (κ3) is 1.84. The molecule has 0 saturated carbocycles. The van der Waals surface area contributed by atoms with E-state index in [1.807, 2.05) is 0 Å². The summed E-state index contributed by atoms with van der Waals surface area (Å²) < 4.78 is 4.47.